The van der Waals surface area contributed by atoms with Gasteiger partial charge in [-0.3, -0.25) is 9.59 Å². The number of carbonyl (C=O) groups is 2. The van der Waals surface area contributed by atoms with Gasteiger partial charge in [0, 0.05) is 5.31 Å². The van der Waals surface area contributed by atoms with Crippen molar-refractivity contribution in [1.82, 2.24) is 0 Å². The molecular weight excluding hydrogens is 467 g/mol. The molecule has 0 N–H and O–H groups in total. The fraction of sp³-hybridized carbons (Fsp3) is 0.333. The summed E-state index contributed by atoms with van der Waals surface area (Å²) < 4.78 is 36.7. The zero-order chi connectivity index (χ0) is 26.0. The third-order valence-electron chi connectivity index (χ3n) is 6.05. The van der Waals surface area contributed by atoms with E-state index in [1.54, 1.807) is 49.4 Å². The van der Waals surface area contributed by atoms with E-state index in [1.165, 1.54) is 28.4 Å². The molecule has 0 heterocycles. The van der Waals surface area contributed by atoms with Gasteiger partial charge in [-0.1, -0.05) is 43.7 Å². The maximum atomic E-state index is 15.0. The van der Waals surface area contributed by atoms with Crippen LogP contribution in [0.25, 0.3) is 0 Å². The van der Waals surface area contributed by atoms with Crippen molar-refractivity contribution in [1.29, 1.82) is 0 Å². The number of allylic oxidation sites excluding steroid dienone is 4. The summed E-state index contributed by atoms with van der Waals surface area (Å²) in [6, 6.07) is 9.56. The Hall–Kier alpha value is -3.31. The first-order valence-electron chi connectivity index (χ1n) is 11.1. The monoisotopic (exact) mass is 498 g/mol. The highest BCUT2D eigenvalue weighted by Gasteiger charge is 2.49. The van der Waals surface area contributed by atoms with Gasteiger partial charge in [0.05, 0.1) is 28.4 Å². The van der Waals surface area contributed by atoms with Crippen LogP contribution in [0, 0.1) is 5.41 Å². The molecule has 186 valence electrons. The number of methoxy groups -OCH3 is 4. The van der Waals surface area contributed by atoms with E-state index in [4.69, 9.17) is 18.9 Å². The number of hydrogen-bond acceptors (Lipinski definition) is 7. The molecule has 0 aliphatic heterocycles. The zero-order valence-corrected chi connectivity index (χ0v) is 22.0. The van der Waals surface area contributed by atoms with Crippen molar-refractivity contribution in [2.45, 2.75) is 27.2 Å². The molecule has 0 amide bonds. The first-order valence-corrected chi connectivity index (χ1v) is 12.8. The van der Waals surface area contributed by atoms with Crippen LogP contribution in [-0.2, 0) is 4.57 Å². The lowest BCUT2D eigenvalue weighted by Crippen LogP contribution is -2.19. The second-order valence-electron chi connectivity index (χ2n) is 8.96. The van der Waals surface area contributed by atoms with Crippen LogP contribution in [0.1, 0.15) is 47.9 Å². The number of rotatable bonds is 9. The van der Waals surface area contributed by atoms with Gasteiger partial charge >= 0.3 is 0 Å². The lowest BCUT2D eigenvalue weighted by atomic mass is 9.82. The normalized spacial score (nSPS) is 14.9. The van der Waals surface area contributed by atoms with Gasteiger partial charge in [0.25, 0.3) is 0 Å². The standard InChI is InChI=1S/C27H31O7P/c1-17-16-27(2,3)15-14-22(17)35(30,25(28)23-18(31-4)10-8-11-19(23)32-5)26(29)24-20(33-6)12-9-13-21(24)34-7/h8-15H,16H2,1-7H3. The van der Waals surface area contributed by atoms with Crippen LogP contribution in [0.4, 0.5) is 0 Å². The van der Waals surface area contributed by atoms with E-state index in [9.17, 15) is 9.59 Å². The third-order valence-corrected chi connectivity index (χ3v) is 8.85. The van der Waals surface area contributed by atoms with Gasteiger partial charge in [-0.05, 0) is 43.0 Å². The van der Waals surface area contributed by atoms with Gasteiger partial charge in [0.15, 0.2) is 0 Å². The van der Waals surface area contributed by atoms with Crippen molar-refractivity contribution in [3.05, 3.63) is 70.6 Å². The molecule has 2 aromatic carbocycles. The van der Waals surface area contributed by atoms with Crippen LogP contribution in [0.2, 0.25) is 0 Å². The molecule has 0 fully saturated rings. The number of benzene rings is 2. The van der Waals surface area contributed by atoms with Crippen molar-refractivity contribution in [3.63, 3.8) is 0 Å². The van der Waals surface area contributed by atoms with Crippen LogP contribution in [0.3, 0.4) is 0 Å². The Balaban J connectivity index is 2.38. The molecule has 0 bridgehead atoms. The summed E-state index contributed by atoms with van der Waals surface area (Å²) in [5, 5.41) is 0.202. The molecule has 2 aromatic rings. The molecule has 0 atom stereocenters. The number of hydrogen-bond donors (Lipinski definition) is 0. The second-order valence-corrected chi connectivity index (χ2v) is 11.5. The molecule has 0 saturated heterocycles. The van der Waals surface area contributed by atoms with E-state index >= 15 is 4.57 Å². The largest absolute Gasteiger partial charge is 0.496 e. The van der Waals surface area contributed by atoms with Gasteiger partial charge in [0.2, 0.25) is 18.2 Å². The predicted octanol–water partition coefficient (Wildman–Crippen LogP) is 6.32. The van der Waals surface area contributed by atoms with Crippen LogP contribution < -0.4 is 18.9 Å². The summed E-state index contributed by atoms with van der Waals surface area (Å²) in [6.45, 7) is 5.86. The lowest BCUT2D eigenvalue weighted by Gasteiger charge is -2.30. The minimum atomic E-state index is -4.50. The summed E-state index contributed by atoms with van der Waals surface area (Å²) in [6.07, 6.45) is 4.05. The highest BCUT2D eigenvalue weighted by molar-refractivity contribution is 7.98. The Bertz CT molecular complexity index is 1150. The predicted molar refractivity (Wildman–Crippen MR) is 136 cm³/mol. The fourth-order valence-electron chi connectivity index (χ4n) is 4.40. The molecule has 0 spiro atoms. The van der Waals surface area contributed by atoms with Gasteiger partial charge in [-0.2, -0.15) is 0 Å². The maximum Gasteiger partial charge on any atom is 0.249 e. The molecule has 8 heteroatoms. The van der Waals surface area contributed by atoms with Crippen molar-refractivity contribution in [2.75, 3.05) is 28.4 Å². The molecule has 1 aliphatic carbocycles. The molecular formula is C27H31O7P. The molecule has 3 rings (SSSR count). The minimum absolute atomic E-state index is 0.0541. The Kier molecular flexibility index (Phi) is 7.61. The Labute approximate surface area is 206 Å². The first-order chi connectivity index (χ1) is 16.5. The van der Waals surface area contributed by atoms with Gasteiger partial charge in [-0.25, -0.2) is 0 Å². The summed E-state index contributed by atoms with van der Waals surface area (Å²) in [5.74, 6) is 0.640. The molecule has 0 aromatic heterocycles. The van der Waals surface area contributed by atoms with E-state index < -0.39 is 18.2 Å². The zero-order valence-electron chi connectivity index (χ0n) is 21.1. The lowest BCUT2D eigenvalue weighted by molar-refractivity contribution is 0.103. The first kappa shape index (κ1) is 26.3. The average molecular weight is 499 g/mol. The van der Waals surface area contributed by atoms with Crippen LogP contribution in [0.15, 0.2) is 59.4 Å². The highest BCUT2D eigenvalue weighted by atomic mass is 31.2. The highest BCUT2D eigenvalue weighted by Crippen LogP contribution is 2.64. The number of carbonyl (C=O) groups excluding carboxylic acids is 2. The maximum absolute atomic E-state index is 15.0. The summed E-state index contributed by atoms with van der Waals surface area (Å²) >= 11 is 0. The van der Waals surface area contributed by atoms with Crippen molar-refractivity contribution < 1.29 is 33.1 Å². The SMILES string of the molecule is COc1cccc(OC)c1C(=O)P(=O)(C(=O)c1c(OC)cccc1OC)C1=C(C)CC(C)(C)C=C1. The van der Waals surface area contributed by atoms with E-state index in [1.807, 2.05) is 19.9 Å². The van der Waals surface area contributed by atoms with Crippen LogP contribution in [-0.4, -0.2) is 39.5 Å². The van der Waals surface area contributed by atoms with E-state index in [2.05, 4.69) is 0 Å². The van der Waals surface area contributed by atoms with Crippen molar-refractivity contribution in [3.8, 4) is 23.0 Å². The van der Waals surface area contributed by atoms with E-state index in [0.717, 1.165) is 0 Å². The molecule has 0 saturated carbocycles. The van der Waals surface area contributed by atoms with Gasteiger partial charge < -0.3 is 23.5 Å². The average Bonchev–Trinajstić information content (AvgIpc) is 2.85. The Morgan fingerprint density at radius 3 is 1.46 bits per heavy atom. The third kappa shape index (κ3) is 4.65. The van der Waals surface area contributed by atoms with Crippen LogP contribution >= 0.6 is 7.14 Å². The fourth-order valence-corrected chi connectivity index (χ4v) is 7.00. The summed E-state index contributed by atoms with van der Waals surface area (Å²) in [7, 11) is 1.09. The Morgan fingerprint density at radius 1 is 0.771 bits per heavy atom. The van der Waals surface area contributed by atoms with Gasteiger partial charge in [0.1, 0.15) is 34.1 Å². The smallest absolute Gasteiger partial charge is 0.249 e. The second kappa shape index (κ2) is 10.1. The minimum Gasteiger partial charge on any atom is -0.496 e. The van der Waals surface area contributed by atoms with E-state index in [-0.39, 0.29) is 44.9 Å². The summed E-state index contributed by atoms with van der Waals surface area (Å²) in [5.41, 5.74) is -1.37. The quantitative estimate of drug-likeness (QED) is 0.374. The summed E-state index contributed by atoms with van der Waals surface area (Å²) in [4.78, 5) is 28.5. The van der Waals surface area contributed by atoms with E-state index in [0.29, 0.717) is 12.0 Å². The Morgan fingerprint density at radius 2 is 1.14 bits per heavy atom. The molecule has 1 aliphatic rings. The topological polar surface area (TPSA) is 88.1 Å². The molecule has 7 nitrogen and oxygen atoms in total. The molecule has 0 radical (unpaired) electrons. The van der Waals surface area contributed by atoms with Gasteiger partial charge in [-0.15, -0.1) is 0 Å². The van der Waals surface area contributed by atoms with Crippen molar-refractivity contribution >= 4 is 18.2 Å². The van der Waals surface area contributed by atoms with Crippen molar-refractivity contribution in [2.24, 2.45) is 5.41 Å². The van der Waals surface area contributed by atoms with Crippen LogP contribution in [0.5, 0.6) is 23.0 Å². The molecule has 35 heavy (non-hydrogen) atoms. The molecule has 0 unspecified atom stereocenters. The number of ether oxygens (including phenoxy) is 4.